The lowest BCUT2D eigenvalue weighted by atomic mass is 10.0. The fraction of sp³-hybridized carbons (Fsp3) is 0.304. The van der Waals surface area contributed by atoms with Gasteiger partial charge < -0.3 is 14.5 Å². The third kappa shape index (κ3) is 3.70. The Kier molecular flexibility index (Phi) is 4.78. The van der Waals surface area contributed by atoms with Crippen molar-refractivity contribution in [2.45, 2.75) is 44.8 Å². The highest BCUT2D eigenvalue weighted by Crippen LogP contribution is 2.36. The number of nitrogens with one attached hydrogen (secondary N) is 1. The van der Waals surface area contributed by atoms with E-state index in [1.807, 2.05) is 55.8 Å². The van der Waals surface area contributed by atoms with Crippen LogP contribution in [0.4, 0.5) is 0 Å². The molecule has 3 aromatic heterocycles. The zero-order valence-corrected chi connectivity index (χ0v) is 16.9. The van der Waals surface area contributed by atoms with E-state index in [9.17, 15) is 4.79 Å². The molecule has 1 aliphatic rings. The Morgan fingerprint density at radius 1 is 1.20 bits per heavy atom. The minimum absolute atomic E-state index is 0.111. The van der Waals surface area contributed by atoms with Crippen molar-refractivity contribution in [1.82, 2.24) is 29.4 Å². The van der Waals surface area contributed by atoms with Crippen LogP contribution >= 0.6 is 0 Å². The number of pyridine rings is 1. The Labute approximate surface area is 174 Å². The first-order valence-electron chi connectivity index (χ1n) is 10.3. The summed E-state index contributed by atoms with van der Waals surface area (Å²) < 4.78 is 4.21. The number of nitrogens with zero attached hydrogens (tertiary/aromatic N) is 5. The maximum atomic E-state index is 13.0. The molecule has 0 radical (unpaired) electrons. The van der Waals surface area contributed by atoms with Crippen LogP contribution in [0.5, 0.6) is 0 Å². The monoisotopic (exact) mass is 400 g/mol. The molecule has 1 aliphatic carbocycles. The summed E-state index contributed by atoms with van der Waals surface area (Å²) in [6.45, 7) is 2.76. The highest BCUT2D eigenvalue weighted by molar-refractivity contribution is 5.96. The zero-order valence-electron chi connectivity index (χ0n) is 16.9. The Morgan fingerprint density at radius 2 is 2.03 bits per heavy atom. The first kappa shape index (κ1) is 18.5. The molecule has 1 amide bonds. The van der Waals surface area contributed by atoms with Crippen molar-refractivity contribution < 1.29 is 4.79 Å². The summed E-state index contributed by atoms with van der Waals surface area (Å²) in [4.78, 5) is 26.3. The fourth-order valence-corrected chi connectivity index (χ4v) is 3.82. The van der Waals surface area contributed by atoms with E-state index in [1.165, 1.54) is 12.8 Å². The van der Waals surface area contributed by atoms with Crippen LogP contribution in [0.2, 0.25) is 0 Å². The van der Waals surface area contributed by atoms with E-state index >= 15 is 0 Å². The molecule has 7 heteroatoms. The molecule has 3 heterocycles. The molecule has 0 aliphatic heterocycles. The van der Waals surface area contributed by atoms with Crippen LogP contribution < -0.4 is 5.32 Å². The molecule has 1 fully saturated rings. The topological polar surface area (TPSA) is 77.6 Å². The molecule has 30 heavy (non-hydrogen) atoms. The lowest BCUT2D eigenvalue weighted by Crippen LogP contribution is -2.29. The van der Waals surface area contributed by atoms with Gasteiger partial charge in [-0.25, -0.2) is 15.0 Å². The number of amides is 1. The summed E-state index contributed by atoms with van der Waals surface area (Å²) in [6, 6.07) is 12.3. The molecule has 1 unspecified atom stereocenters. The van der Waals surface area contributed by atoms with Gasteiger partial charge in [-0.05, 0) is 37.8 Å². The van der Waals surface area contributed by atoms with Crippen LogP contribution in [0.25, 0.3) is 11.2 Å². The summed E-state index contributed by atoms with van der Waals surface area (Å²) in [5.74, 6) is 0.829. The van der Waals surface area contributed by atoms with Crippen LogP contribution in [0.3, 0.4) is 0 Å². The third-order valence-electron chi connectivity index (χ3n) is 5.71. The van der Waals surface area contributed by atoms with Crippen molar-refractivity contribution in [1.29, 1.82) is 0 Å². The van der Waals surface area contributed by atoms with Gasteiger partial charge in [-0.15, -0.1) is 0 Å². The van der Waals surface area contributed by atoms with Crippen LogP contribution in [-0.2, 0) is 6.54 Å². The van der Waals surface area contributed by atoms with E-state index < -0.39 is 0 Å². The van der Waals surface area contributed by atoms with Gasteiger partial charge in [0.25, 0.3) is 5.91 Å². The zero-order chi connectivity index (χ0) is 20.5. The minimum Gasteiger partial charge on any atom is -0.345 e. The van der Waals surface area contributed by atoms with Gasteiger partial charge in [0, 0.05) is 31.2 Å². The van der Waals surface area contributed by atoms with E-state index in [-0.39, 0.29) is 11.9 Å². The average molecular weight is 400 g/mol. The average Bonchev–Trinajstić information content (AvgIpc) is 3.40. The summed E-state index contributed by atoms with van der Waals surface area (Å²) >= 11 is 0. The largest absolute Gasteiger partial charge is 0.345 e. The molecular weight excluding hydrogens is 376 g/mol. The van der Waals surface area contributed by atoms with E-state index in [4.69, 9.17) is 0 Å². The van der Waals surface area contributed by atoms with E-state index in [0.717, 1.165) is 35.5 Å². The van der Waals surface area contributed by atoms with Crippen LogP contribution in [-0.4, -0.2) is 30.0 Å². The molecule has 4 aromatic rings. The number of carbonyl (C=O) groups excluding carboxylic acids is 1. The van der Waals surface area contributed by atoms with Crippen LogP contribution in [0.15, 0.2) is 61.3 Å². The highest BCUT2D eigenvalue weighted by atomic mass is 16.1. The second-order valence-electron chi connectivity index (χ2n) is 7.84. The van der Waals surface area contributed by atoms with Crippen molar-refractivity contribution in [3.05, 3.63) is 78.3 Å². The molecule has 0 saturated heterocycles. The Morgan fingerprint density at radius 3 is 2.77 bits per heavy atom. The van der Waals surface area contributed by atoms with Crippen molar-refractivity contribution in [3.63, 3.8) is 0 Å². The molecule has 7 nitrogen and oxygen atoms in total. The van der Waals surface area contributed by atoms with Gasteiger partial charge in [-0.3, -0.25) is 4.79 Å². The number of hydrogen-bond acceptors (Lipinski definition) is 4. The Balaban J connectivity index is 1.36. The van der Waals surface area contributed by atoms with E-state index in [2.05, 4.69) is 29.4 Å². The summed E-state index contributed by atoms with van der Waals surface area (Å²) in [5, 5.41) is 3.19. The molecular formula is C23H24N6O. The number of aromatic nitrogens is 5. The predicted molar refractivity (Wildman–Crippen MR) is 114 cm³/mol. The van der Waals surface area contributed by atoms with Crippen molar-refractivity contribution in [2.24, 2.45) is 0 Å². The second-order valence-corrected chi connectivity index (χ2v) is 7.84. The number of imidazole rings is 2. The number of benzene rings is 1. The van der Waals surface area contributed by atoms with Crippen LogP contribution in [0.1, 0.15) is 53.1 Å². The smallest absolute Gasteiger partial charge is 0.253 e. The molecule has 1 saturated carbocycles. The molecule has 152 valence electrons. The number of hydrogen-bond donors (Lipinski definition) is 1. The summed E-state index contributed by atoms with van der Waals surface area (Å²) in [6.07, 6.45) is 10.4. The number of fused-ring (bicyclic) bond motifs is 1. The Bertz CT molecular complexity index is 1170. The van der Waals surface area contributed by atoms with Gasteiger partial charge in [-0.2, -0.15) is 0 Å². The molecule has 1 aromatic carbocycles. The van der Waals surface area contributed by atoms with Gasteiger partial charge in [0.15, 0.2) is 5.65 Å². The number of aryl methyl sites for hydroxylation is 2. The molecule has 1 N–H and O–H groups in total. The molecule has 1 atom stereocenters. The normalized spacial score (nSPS) is 14.7. The maximum absolute atomic E-state index is 13.0. The van der Waals surface area contributed by atoms with Gasteiger partial charge >= 0.3 is 0 Å². The van der Waals surface area contributed by atoms with Gasteiger partial charge in [0.05, 0.1) is 17.9 Å². The fourth-order valence-electron chi connectivity index (χ4n) is 3.82. The highest BCUT2D eigenvalue weighted by Gasteiger charge is 2.26. The van der Waals surface area contributed by atoms with E-state index in [1.54, 1.807) is 12.4 Å². The van der Waals surface area contributed by atoms with Gasteiger partial charge in [-0.1, -0.05) is 30.3 Å². The number of carbonyl (C=O) groups is 1. The van der Waals surface area contributed by atoms with Crippen molar-refractivity contribution >= 4 is 17.1 Å². The quantitative estimate of drug-likeness (QED) is 0.511. The predicted octanol–water partition coefficient (Wildman–Crippen LogP) is 3.83. The van der Waals surface area contributed by atoms with Crippen molar-refractivity contribution in [2.75, 3.05) is 0 Å². The molecule has 0 bridgehead atoms. The second kappa shape index (κ2) is 7.74. The standard InChI is InChI=1S/C23H24N6O/c1-16-24-10-12-28(16)11-9-20(17-5-3-2-4-6-17)27-23(30)18-13-21-22(25-14-18)29(15-26-21)19-7-8-19/h2-6,10,12-15,19-20H,7-9,11H2,1H3,(H,27,30). The molecule has 5 rings (SSSR count). The van der Waals surface area contributed by atoms with Crippen molar-refractivity contribution in [3.8, 4) is 0 Å². The Hall–Kier alpha value is -3.48. The minimum atomic E-state index is -0.137. The lowest BCUT2D eigenvalue weighted by Gasteiger charge is -2.20. The third-order valence-corrected chi connectivity index (χ3v) is 5.71. The SMILES string of the molecule is Cc1nccn1CCC(NC(=O)c1cnc2c(c1)ncn2C1CC1)c1ccccc1. The number of rotatable bonds is 7. The first-order valence-corrected chi connectivity index (χ1v) is 10.3. The summed E-state index contributed by atoms with van der Waals surface area (Å²) in [7, 11) is 0. The lowest BCUT2D eigenvalue weighted by molar-refractivity contribution is 0.0933. The first-order chi connectivity index (χ1) is 14.7. The maximum Gasteiger partial charge on any atom is 0.253 e. The molecule has 0 spiro atoms. The van der Waals surface area contributed by atoms with Gasteiger partial charge in [0.2, 0.25) is 0 Å². The van der Waals surface area contributed by atoms with Crippen LogP contribution in [0, 0.1) is 6.92 Å². The summed E-state index contributed by atoms with van der Waals surface area (Å²) in [5.41, 5.74) is 3.23. The van der Waals surface area contributed by atoms with E-state index in [0.29, 0.717) is 11.6 Å². The van der Waals surface area contributed by atoms with Gasteiger partial charge in [0.1, 0.15) is 11.3 Å².